The lowest BCUT2D eigenvalue weighted by Crippen LogP contribution is -2.47. The fourth-order valence-corrected chi connectivity index (χ4v) is 3.12. The van der Waals surface area contributed by atoms with Crippen molar-refractivity contribution >= 4 is 34.5 Å². The monoisotopic (exact) mass is 391 g/mol. The molecule has 0 saturated carbocycles. The molecule has 2 unspecified atom stereocenters. The third-order valence-electron chi connectivity index (χ3n) is 3.65. The number of carboxylic acid groups (broad SMARTS) is 1. The van der Waals surface area contributed by atoms with Crippen molar-refractivity contribution in [3.05, 3.63) is 33.1 Å². The number of benzene rings is 1. The zero-order chi connectivity index (χ0) is 14.9. The number of nitrogens with zero attached hydrogens (tertiary/aromatic N) is 1. The molecule has 0 aliphatic carbocycles. The molecule has 1 aliphatic heterocycles. The van der Waals surface area contributed by atoms with E-state index in [1.165, 1.54) is 18.2 Å². The molecule has 0 bridgehead atoms. The minimum atomic E-state index is -0.872. The van der Waals surface area contributed by atoms with Crippen molar-refractivity contribution in [2.24, 2.45) is 5.92 Å². The molecule has 2 rings (SSSR count). The Labute approximate surface area is 130 Å². The maximum Gasteiger partial charge on any atom is 0.308 e. The van der Waals surface area contributed by atoms with Crippen LogP contribution in [-0.4, -0.2) is 34.5 Å². The van der Waals surface area contributed by atoms with Crippen LogP contribution >= 0.6 is 22.6 Å². The van der Waals surface area contributed by atoms with Gasteiger partial charge in [-0.15, -0.1) is 0 Å². The van der Waals surface area contributed by atoms with E-state index < -0.39 is 11.9 Å². The zero-order valence-electron chi connectivity index (χ0n) is 11.0. The van der Waals surface area contributed by atoms with Gasteiger partial charge in [0.25, 0.3) is 5.91 Å². The molecule has 1 fully saturated rings. The lowest BCUT2D eigenvalue weighted by Gasteiger charge is -2.36. The van der Waals surface area contributed by atoms with E-state index in [0.29, 0.717) is 22.0 Å². The molecule has 1 amide bonds. The molecule has 6 heteroatoms. The number of carbonyl (C=O) groups is 2. The van der Waals surface area contributed by atoms with Gasteiger partial charge in [0.05, 0.1) is 11.5 Å². The molecule has 108 valence electrons. The maximum atomic E-state index is 13.1. The lowest BCUT2D eigenvalue weighted by molar-refractivity contribution is -0.143. The van der Waals surface area contributed by atoms with Gasteiger partial charge in [-0.25, -0.2) is 4.39 Å². The normalized spacial score (nSPS) is 22.6. The molecule has 1 N–H and O–H groups in total. The highest BCUT2D eigenvalue weighted by atomic mass is 127. The second-order valence-corrected chi connectivity index (χ2v) is 6.21. The van der Waals surface area contributed by atoms with E-state index in [1.54, 1.807) is 4.90 Å². The molecule has 2 atom stereocenters. The van der Waals surface area contributed by atoms with E-state index in [-0.39, 0.29) is 24.3 Å². The third kappa shape index (κ3) is 3.11. The molecule has 20 heavy (non-hydrogen) atoms. The molecule has 1 saturated heterocycles. The molecule has 1 heterocycles. The summed E-state index contributed by atoms with van der Waals surface area (Å²) in [5.41, 5.74) is 0.421. The number of rotatable bonds is 2. The van der Waals surface area contributed by atoms with Crippen molar-refractivity contribution in [2.75, 3.05) is 6.54 Å². The van der Waals surface area contributed by atoms with Crippen LogP contribution in [0.25, 0.3) is 0 Å². The molecule has 1 aromatic carbocycles. The van der Waals surface area contributed by atoms with Gasteiger partial charge >= 0.3 is 5.97 Å². The highest BCUT2D eigenvalue weighted by Gasteiger charge is 2.33. The Morgan fingerprint density at radius 2 is 2.10 bits per heavy atom. The van der Waals surface area contributed by atoms with Crippen LogP contribution in [0.1, 0.15) is 30.1 Å². The van der Waals surface area contributed by atoms with Gasteiger partial charge in [0.2, 0.25) is 0 Å². The van der Waals surface area contributed by atoms with Crippen molar-refractivity contribution in [1.82, 2.24) is 4.90 Å². The number of hydrogen-bond acceptors (Lipinski definition) is 2. The Morgan fingerprint density at radius 1 is 1.40 bits per heavy atom. The van der Waals surface area contributed by atoms with Crippen LogP contribution in [0.3, 0.4) is 0 Å². The van der Waals surface area contributed by atoms with Crippen molar-refractivity contribution in [1.29, 1.82) is 0 Å². The van der Waals surface area contributed by atoms with E-state index in [0.717, 1.165) is 0 Å². The van der Waals surface area contributed by atoms with E-state index in [2.05, 4.69) is 0 Å². The largest absolute Gasteiger partial charge is 0.481 e. The van der Waals surface area contributed by atoms with Gasteiger partial charge in [-0.1, -0.05) is 0 Å². The van der Waals surface area contributed by atoms with E-state index in [9.17, 15) is 14.0 Å². The fourth-order valence-electron chi connectivity index (χ4n) is 2.41. The predicted molar refractivity (Wildman–Crippen MR) is 80.0 cm³/mol. The molecule has 4 nitrogen and oxygen atoms in total. The Balaban J connectivity index is 2.24. The summed E-state index contributed by atoms with van der Waals surface area (Å²) in [6.07, 6.45) is 1.25. The van der Waals surface area contributed by atoms with Crippen LogP contribution in [0.4, 0.5) is 4.39 Å². The molecule has 0 spiro atoms. The first kappa shape index (κ1) is 15.2. The number of hydrogen-bond donors (Lipinski definition) is 1. The van der Waals surface area contributed by atoms with Crippen LogP contribution in [0, 0.1) is 15.3 Å². The second kappa shape index (κ2) is 6.07. The maximum absolute atomic E-state index is 13.1. The third-order valence-corrected chi connectivity index (χ3v) is 4.55. The average Bonchev–Trinajstić information content (AvgIpc) is 2.38. The van der Waals surface area contributed by atoms with Crippen LogP contribution in [-0.2, 0) is 4.79 Å². The first-order chi connectivity index (χ1) is 9.40. The Bertz CT molecular complexity index is 549. The SMILES string of the molecule is CC1CCC(C(=O)O)CN1C(=O)c1ccc(F)cc1I. The van der Waals surface area contributed by atoms with Gasteiger partial charge in [-0.2, -0.15) is 0 Å². The topological polar surface area (TPSA) is 57.6 Å². The zero-order valence-corrected chi connectivity index (χ0v) is 13.1. The number of amides is 1. The van der Waals surface area contributed by atoms with E-state index in [1.807, 2.05) is 29.5 Å². The summed E-state index contributed by atoms with van der Waals surface area (Å²) < 4.78 is 13.6. The van der Waals surface area contributed by atoms with Crippen molar-refractivity contribution in [2.45, 2.75) is 25.8 Å². The molecule has 1 aromatic rings. The van der Waals surface area contributed by atoms with E-state index >= 15 is 0 Å². The standard InChI is InChI=1S/C14H15FINO3/c1-8-2-3-9(14(19)20)7-17(8)13(18)11-5-4-10(15)6-12(11)16/h4-6,8-9H,2-3,7H2,1H3,(H,19,20). The second-order valence-electron chi connectivity index (χ2n) is 5.04. The van der Waals surface area contributed by atoms with Crippen LogP contribution in [0.15, 0.2) is 18.2 Å². The Kier molecular flexibility index (Phi) is 4.62. The highest BCUT2D eigenvalue weighted by Crippen LogP contribution is 2.25. The summed E-state index contributed by atoms with van der Waals surface area (Å²) in [6.45, 7) is 2.12. The minimum Gasteiger partial charge on any atom is -0.481 e. The van der Waals surface area contributed by atoms with Crippen molar-refractivity contribution in [3.63, 3.8) is 0 Å². The molecule has 0 radical (unpaired) electrons. The van der Waals surface area contributed by atoms with Gasteiger partial charge in [0.1, 0.15) is 5.82 Å². The quantitative estimate of drug-likeness (QED) is 0.789. The van der Waals surface area contributed by atoms with Gasteiger partial charge in [-0.3, -0.25) is 9.59 Å². The first-order valence-electron chi connectivity index (χ1n) is 6.39. The number of piperidine rings is 1. The van der Waals surface area contributed by atoms with Gasteiger partial charge in [0.15, 0.2) is 0 Å². The smallest absolute Gasteiger partial charge is 0.308 e. The van der Waals surface area contributed by atoms with Crippen molar-refractivity contribution < 1.29 is 19.1 Å². The Hall–Kier alpha value is -1.18. The van der Waals surface area contributed by atoms with Gasteiger partial charge in [0, 0.05) is 16.2 Å². The van der Waals surface area contributed by atoms with Gasteiger partial charge in [-0.05, 0) is 60.6 Å². The highest BCUT2D eigenvalue weighted by molar-refractivity contribution is 14.1. The summed E-state index contributed by atoms with van der Waals surface area (Å²) in [6, 6.07) is 4.01. The summed E-state index contributed by atoms with van der Waals surface area (Å²) in [5.74, 6) is -2.01. The van der Waals surface area contributed by atoms with Crippen molar-refractivity contribution in [3.8, 4) is 0 Å². The average molecular weight is 391 g/mol. The summed E-state index contributed by atoms with van der Waals surface area (Å²) in [5, 5.41) is 9.10. The fraction of sp³-hybridized carbons (Fsp3) is 0.429. The molecular formula is C14H15FINO3. The lowest BCUT2D eigenvalue weighted by atomic mass is 9.93. The number of carbonyl (C=O) groups excluding carboxylic acids is 1. The Morgan fingerprint density at radius 3 is 2.70 bits per heavy atom. The summed E-state index contributed by atoms with van der Waals surface area (Å²) >= 11 is 1.92. The van der Waals surface area contributed by atoms with Crippen LogP contribution in [0.2, 0.25) is 0 Å². The first-order valence-corrected chi connectivity index (χ1v) is 7.47. The van der Waals surface area contributed by atoms with Crippen LogP contribution in [0.5, 0.6) is 0 Å². The van der Waals surface area contributed by atoms with E-state index in [4.69, 9.17) is 5.11 Å². The molecule has 0 aromatic heterocycles. The number of aliphatic carboxylic acids is 1. The van der Waals surface area contributed by atoms with Gasteiger partial charge < -0.3 is 10.0 Å². The number of carboxylic acids is 1. The molecular weight excluding hydrogens is 376 g/mol. The number of likely N-dealkylation sites (tertiary alicyclic amines) is 1. The minimum absolute atomic E-state index is 0.000969. The summed E-state index contributed by atoms with van der Waals surface area (Å²) in [7, 11) is 0. The van der Waals surface area contributed by atoms with Crippen LogP contribution < -0.4 is 0 Å². The summed E-state index contributed by atoms with van der Waals surface area (Å²) in [4.78, 5) is 25.2. The predicted octanol–water partition coefficient (Wildman–Crippen LogP) is 2.76. The number of halogens is 2. The molecule has 1 aliphatic rings.